The predicted octanol–water partition coefficient (Wildman–Crippen LogP) is 4.24. The number of nitriles is 1. The minimum absolute atomic E-state index is 0.0877. The number of alkyl halides is 2. The minimum atomic E-state index is -2.83. The Morgan fingerprint density at radius 1 is 1.05 bits per heavy atom. The molecule has 2 atom stereocenters. The van der Waals surface area contributed by atoms with Gasteiger partial charge in [-0.3, -0.25) is 24.2 Å². The third kappa shape index (κ3) is 4.51. The summed E-state index contributed by atoms with van der Waals surface area (Å²) in [5.74, 6) is -3.98. The first-order chi connectivity index (χ1) is 19.7. The van der Waals surface area contributed by atoms with Crippen molar-refractivity contribution in [3.05, 3.63) is 89.6 Å². The van der Waals surface area contributed by atoms with E-state index < -0.39 is 48.2 Å². The van der Waals surface area contributed by atoms with Crippen LogP contribution in [0.4, 0.5) is 20.3 Å². The SMILES string of the molecule is N#Cc1ccnc(N2C(=O)CCC2C(=O)N(c2ccccc2)[C@@]2(C(=O)NC3CC(F)(F)C3)CCc3ccccc32)c1. The molecule has 1 unspecified atom stereocenters. The molecular weight excluding hydrogens is 528 g/mol. The molecule has 6 rings (SSSR count). The molecule has 8 nitrogen and oxygen atoms in total. The first kappa shape index (κ1) is 26.6. The van der Waals surface area contributed by atoms with Gasteiger partial charge in [0.2, 0.25) is 5.91 Å². The van der Waals surface area contributed by atoms with Crippen LogP contribution in [0, 0.1) is 11.3 Å². The van der Waals surface area contributed by atoms with Crippen LogP contribution in [-0.2, 0) is 26.3 Å². The summed E-state index contributed by atoms with van der Waals surface area (Å²) < 4.78 is 27.4. The van der Waals surface area contributed by atoms with E-state index in [1.54, 1.807) is 42.5 Å². The largest absolute Gasteiger partial charge is 0.351 e. The van der Waals surface area contributed by atoms with Gasteiger partial charge >= 0.3 is 0 Å². The smallest absolute Gasteiger partial charge is 0.252 e. The number of aryl methyl sites for hydroxylation is 1. The average Bonchev–Trinajstić information content (AvgIpc) is 3.54. The zero-order valence-corrected chi connectivity index (χ0v) is 22.1. The second kappa shape index (κ2) is 10.1. The Hall–Kier alpha value is -4.65. The summed E-state index contributed by atoms with van der Waals surface area (Å²) in [6.07, 6.45) is 1.51. The zero-order valence-electron chi connectivity index (χ0n) is 22.1. The van der Waals surface area contributed by atoms with E-state index in [4.69, 9.17) is 0 Å². The zero-order chi connectivity index (χ0) is 28.8. The standard InChI is InChI=1S/C31H27F2N5O3/c32-30(33)17-22(18-30)36-29(41)31(14-12-21-6-4-5-9-24(21)31)38(23-7-2-1-3-8-23)28(40)25-10-11-27(39)37(25)26-16-20(19-34)13-15-35-26/h1-9,13,15-16,22,25H,10-12,14,17-18H2,(H,36,41)/t25?,31-/m0/s1. The van der Waals surface area contributed by atoms with Gasteiger partial charge in [0.1, 0.15) is 11.9 Å². The Morgan fingerprint density at radius 3 is 2.51 bits per heavy atom. The van der Waals surface area contributed by atoms with E-state index in [0.29, 0.717) is 23.2 Å². The van der Waals surface area contributed by atoms with Crippen LogP contribution in [0.25, 0.3) is 0 Å². The predicted molar refractivity (Wildman–Crippen MR) is 146 cm³/mol. The fraction of sp³-hybridized carbons (Fsp3) is 0.323. The van der Waals surface area contributed by atoms with Gasteiger partial charge in [-0.05, 0) is 54.7 Å². The number of rotatable bonds is 6. The molecule has 3 aliphatic rings. The number of carbonyl (C=O) groups is 3. The number of fused-ring (bicyclic) bond motifs is 1. The number of aromatic nitrogens is 1. The van der Waals surface area contributed by atoms with Crippen molar-refractivity contribution in [3.8, 4) is 6.07 Å². The van der Waals surface area contributed by atoms with Crippen molar-refractivity contribution in [2.24, 2.45) is 0 Å². The summed E-state index contributed by atoms with van der Waals surface area (Å²) in [5, 5.41) is 12.2. The average molecular weight is 556 g/mol. The highest BCUT2D eigenvalue weighted by atomic mass is 19.3. The number of hydrogen-bond donors (Lipinski definition) is 1. The van der Waals surface area contributed by atoms with Crippen molar-refractivity contribution in [2.45, 2.75) is 62.1 Å². The summed E-state index contributed by atoms with van der Waals surface area (Å²) >= 11 is 0. The van der Waals surface area contributed by atoms with Crippen LogP contribution in [0.1, 0.15) is 48.8 Å². The van der Waals surface area contributed by atoms with Gasteiger partial charge in [-0.2, -0.15) is 5.26 Å². The second-order valence-corrected chi connectivity index (χ2v) is 10.8. The first-order valence-corrected chi connectivity index (χ1v) is 13.6. The van der Waals surface area contributed by atoms with Crippen molar-refractivity contribution in [3.63, 3.8) is 0 Å². The molecule has 1 saturated carbocycles. The molecule has 3 aromatic rings. The van der Waals surface area contributed by atoms with Gasteiger partial charge < -0.3 is 5.32 Å². The number of benzene rings is 2. The maximum absolute atomic E-state index is 14.7. The molecule has 2 aliphatic carbocycles. The molecule has 10 heteroatoms. The number of para-hydroxylation sites is 1. The van der Waals surface area contributed by atoms with Gasteiger partial charge in [-0.25, -0.2) is 13.8 Å². The summed E-state index contributed by atoms with van der Waals surface area (Å²) in [5.41, 5.74) is 0.721. The van der Waals surface area contributed by atoms with E-state index in [-0.39, 0.29) is 31.0 Å². The molecule has 208 valence electrons. The van der Waals surface area contributed by atoms with E-state index in [9.17, 15) is 28.4 Å². The summed E-state index contributed by atoms with van der Waals surface area (Å²) in [7, 11) is 0. The van der Waals surface area contributed by atoms with Crippen LogP contribution in [0.3, 0.4) is 0 Å². The minimum Gasteiger partial charge on any atom is -0.351 e. The third-order valence-electron chi connectivity index (χ3n) is 8.25. The van der Waals surface area contributed by atoms with Crippen LogP contribution in [0.2, 0.25) is 0 Å². The number of pyridine rings is 1. The highest BCUT2D eigenvalue weighted by Gasteiger charge is 2.56. The Bertz CT molecular complexity index is 1570. The van der Waals surface area contributed by atoms with Gasteiger partial charge in [0.25, 0.3) is 17.7 Å². The summed E-state index contributed by atoms with van der Waals surface area (Å²) in [4.78, 5) is 49.2. The van der Waals surface area contributed by atoms with Gasteiger partial charge in [0.15, 0.2) is 5.54 Å². The Morgan fingerprint density at radius 2 is 1.78 bits per heavy atom. The summed E-state index contributed by atoms with van der Waals surface area (Å²) in [6.45, 7) is 0. The monoisotopic (exact) mass is 555 g/mol. The Labute approximate surface area is 235 Å². The van der Waals surface area contributed by atoms with Crippen molar-refractivity contribution in [1.82, 2.24) is 10.3 Å². The second-order valence-electron chi connectivity index (χ2n) is 10.8. The van der Waals surface area contributed by atoms with Crippen LogP contribution in [0.5, 0.6) is 0 Å². The van der Waals surface area contributed by atoms with Crippen molar-refractivity contribution in [2.75, 3.05) is 9.80 Å². The number of nitrogens with one attached hydrogen (secondary N) is 1. The molecular formula is C31H27F2N5O3. The van der Waals surface area contributed by atoms with Crippen LogP contribution < -0.4 is 15.1 Å². The lowest BCUT2D eigenvalue weighted by molar-refractivity contribution is -0.137. The molecule has 0 bridgehead atoms. The lowest BCUT2D eigenvalue weighted by Crippen LogP contribution is -2.64. The number of halogens is 2. The van der Waals surface area contributed by atoms with E-state index in [0.717, 1.165) is 5.56 Å². The van der Waals surface area contributed by atoms with Crippen LogP contribution >= 0.6 is 0 Å². The molecule has 41 heavy (non-hydrogen) atoms. The highest BCUT2D eigenvalue weighted by Crippen LogP contribution is 2.46. The fourth-order valence-electron chi connectivity index (χ4n) is 6.32. The van der Waals surface area contributed by atoms with Crippen LogP contribution in [0.15, 0.2) is 72.9 Å². The maximum Gasteiger partial charge on any atom is 0.252 e. The molecule has 1 N–H and O–H groups in total. The molecule has 1 saturated heterocycles. The van der Waals surface area contributed by atoms with Gasteiger partial charge in [0, 0.05) is 37.2 Å². The van der Waals surface area contributed by atoms with Gasteiger partial charge in [-0.1, -0.05) is 42.5 Å². The number of hydrogen-bond acceptors (Lipinski definition) is 5. The van der Waals surface area contributed by atoms with Crippen molar-refractivity contribution in [1.29, 1.82) is 5.26 Å². The molecule has 0 spiro atoms. The topological polar surface area (TPSA) is 106 Å². The number of carbonyl (C=O) groups excluding carboxylic acids is 3. The number of nitrogens with zero attached hydrogens (tertiary/aromatic N) is 4. The normalized spacial score (nSPS) is 22.9. The van der Waals surface area contributed by atoms with E-state index in [2.05, 4.69) is 10.3 Å². The number of anilines is 2. The number of amides is 3. The fourth-order valence-corrected chi connectivity index (χ4v) is 6.32. The van der Waals surface area contributed by atoms with Gasteiger partial charge in [-0.15, -0.1) is 0 Å². The molecule has 2 aromatic carbocycles. The molecule has 3 amide bonds. The maximum atomic E-state index is 14.7. The van der Waals surface area contributed by atoms with Crippen molar-refractivity contribution >= 4 is 29.2 Å². The van der Waals surface area contributed by atoms with Gasteiger partial charge in [0.05, 0.1) is 11.6 Å². The third-order valence-corrected chi connectivity index (χ3v) is 8.25. The Balaban J connectivity index is 1.47. The Kier molecular flexibility index (Phi) is 6.53. The van der Waals surface area contributed by atoms with Crippen molar-refractivity contribution < 1.29 is 23.2 Å². The molecule has 1 aromatic heterocycles. The lowest BCUT2D eigenvalue weighted by Gasteiger charge is -2.45. The molecule has 0 radical (unpaired) electrons. The summed E-state index contributed by atoms with van der Waals surface area (Å²) in [6, 6.07) is 19.4. The highest BCUT2D eigenvalue weighted by molar-refractivity contribution is 6.12. The van der Waals surface area contributed by atoms with E-state index >= 15 is 0 Å². The van der Waals surface area contributed by atoms with E-state index in [1.807, 2.05) is 18.2 Å². The van der Waals surface area contributed by atoms with E-state index in [1.165, 1.54) is 28.1 Å². The molecule has 2 heterocycles. The quantitative estimate of drug-likeness (QED) is 0.490. The first-order valence-electron chi connectivity index (χ1n) is 13.6. The van der Waals surface area contributed by atoms with Crippen LogP contribution in [-0.4, -0.2) is 40.7 Å². The molecule has 1 aliphatic heterocycles. The molecule has 2 fully saturated rings. The lowest BCUT2D eigenvalue weighted by atomic mass is 9.83.